The zero-order valence-electron chi connectivity index (χ0n) is 16.7. The van der Waals surface area contributed by atoms with E-state index in [-0.39, 0.29) is 17.5 Å². The van der Waals surface area contributed by atoms with Crippen LogP contribution in [0.15, 0.2) is 53.7 Å². The summed E-state index contributed by atoms with van der Waals surface area (Å²) < 4.78 is 15.7. The van der Waals surface area contributed by atoms with E-state index in [2.05, 4.69) is 33.1 Å². The highest BCUT2D eigenvalue weighted by atomic mass is 32.2. The highest BCUT2D eigenvalue weighted by Crippen LogP contribution is 2.25. The number of benzene rings is 2. The maximum absolute atomic E-state index is 13.6. The van der Waals surface area contributed by atoms with E-state index in [9.17, 15) is 9.18 Å². The van der Waals surface area contributed by atoms with Crippen molar-refractivity contribution in [2.45, 2.75) is 38.4 Å². The fourth-order valence-electron chi connectivity index (χ4n) is 3.04. The summed E-state index contributed by atoms with van der Waals surface area (Å²) >= 11 is 1.37. The molecule has 0 aliphatic heterocycles. The third-order valence-corrected chi connectivity index (χ3v) is 5.41. The molecular formula is C22H25FN4OS. The molecule has 0 spiro atoms. The van der Waals surface area contributed by atoms with Crippen molar-refractivity contribution < 1.29 is 9.18 Å². The molecule has 5 nitrogen and oxygen atoms in total. The molecule has 0 bridgehead atoms. The van der Waals surface area contributed by atoms with E-state index in [1.54, 1.807) is 18.2 Å². The Kier molecular flexibility index (Phi) is 7.41. The molecule has 3 aromatic rings. The largest absolute Gasteiger partial charge is 0.355 e. The zero-order chi connectivity index (χ0) is 20.6. The first-order chi connectivity index (χ1) is 14.1. The predicted octanol–water partition coefficient (Wildman–Crippen LogP) is 4.25. The lowest BCUT2D eigenvalue weighted by Crippen LogP contribution is -2.27. The summed E-state index contributed by atoms with van der Waals surface area (Å²) in [5.41, 5.74) is 2.79. The topological polar surface area (TPSA) is 59.8 Å². The van der Waals surface area contributed by atoms with Gasteiger partial charge in [-0.1, -0.05) is 60.6 Å². The SMILES string of the molecule is CCCn1c(SCC(=O)NCCc2ccccc2F)nnc1-c1cccc(C)c1. The molecule has 7 heteroatoms. The van der Waals surface area contributed by atoms with Gasteiger partial charge in [0.2, 0.25) is 5.91 Å². The Labute approximate surface area is 174 Å². The van der Waals surface area contributed by atoms with Crippen molar-refractivity contribution in [2.24, 2.45) is 0 Å². The maximum Gasteiger partial charge on any atom is 0.230 e. The van der Waals surface area contributed by atoms with Crippen LogP contribution in [-0.4, -0.2) is 33.0 Å². The Hall–Kier alpha value is -2.67. The molecular weight excluding hydrogens is 387 g/mol. The Balaban J connectivity index is 1.58. The molecule has 0 fully saturated rings. The monoisotopic (exact) mass is 412 g/mol. The second kappa shape index (κ2) is 10.2. The second-order valence-electron chi connectivity index (χ2n) is 6.81. The highest BCUT2D eigenvalue weighted by molar-refractivity contribution is 7.99. The molecule has 0 saturated carbocycles. The summed E-state index contributed by atoms with van der Waals surface area (Å²) in [4.78, 5) is 12.2. The van der Waals surface area contributed by atoms with Crippen molar-refractivity contribution in [3.8, 4) is 11.4 Å². The Morgan fingerprint density at radius 3 is 2.76 bits per heavy atom. The minimum Gasteiger partial charge on any atom is -0.355 e. The van der Waals surface area contributed by atoms with Gasteiger partial charge in [-0.15, -0.1) is 10.2 Å². The Morgan fingerprint density at radius 2 is 2.00 bits per heavy atom. The molecule has 0 unspecified atom stereocenters. The van der Waals surface area contributed by atoms with Crippen LogP contribution >= 0.6 is 11.8 Å². The molecule has 1 amide bonds. The first-order valence-corrected chi connectivity index (χ1v) is 10.7. The van der Waals surface area contributed by atoms with Gasteiger partial charge in [-0.3, -0.25) is 4.79 Å². The molecule has 3 rings (SSSR count). The van der Waals surface area contributed by atoms with Crippen molar-refractivity contribution in [1.29, 1.82) is 0 Å². The third-order valence-electron chi connectivity index (χ3n) is 4.45. The van der Waals surface area contributed by atoms with E-state index in [0.717, 1.165) is 35.1 Å². The van der Waals surface area contributed by atoms with Crippen molar-refractivity contribution in [3.05, 3.63) is 65.5 Å². The predicted molar refractivity (Wildman–Crippen MR) is 114 cm³/mol. The van der Waals surface area contributed by atoms with Crippen molar-refractivity contribution in [2.75, 3.05) is 12.3 Å². The van der Waals surface area contributed by atoms with Gasteiger partial charge in [-0.25, -0.2) is 4.39 Å². The van der Waals surface area contributed by atoms with Gasteiger partial charge in [-0.2, -0.15) is 0 Å². The van der Waals surface area contributed by atoms with E-state index in [1.807, 2.05) is 25.1 Å². The van der Waals surface area contributed by atoms with Crippen LogP contribution < -0.4 is 5.32 Å². The number of halogens is 1. The number of carbonyl (C=O) groups is 1. The summed E-state index contributed by atoms with van der Waals surface area (Å²) in [5.74, 6) is 0.715. The van der Waals surface area contributed by atoms with Crippen LogP contribution in [-0.2, 0) is 17.8 Å². The van der Waals surface area contributed by atoms with E-state index in [1.165, 1.54) is 17.8 Å². The number of hydrogen-bond donors (Lipinski definition) is 1. The smallest absolute Gasteiger partial charge is 0.230 e. The number of aromatic nitrogens is 3. The minimum absolute atomic E-state index is 0.102. The van der Waals surface area contributed by atoms with Crippen LogP contribution in [0.1, 0.15) is 24.5 Å². The summed E-state index contributed by atoms with van der Waals surface area (Å²) in [6, 6.07) is 14.8. The van der Waals surface area contributed by atoms with Crippen LogP contribution in [0.5, 0.6) is 0 Å². The van der Waals surface area contributed by atoms with Crippen LogP contribution in [0, 0.1) is 12.7 Å². The summed E-state index contributed by atoms with van der Waals surface area (Å²) in [6.45, 7) is 5.33. The van der Waals surface area contributed by atoms with Crippen molar-refractivity contribution in [1.82, 2.24) is 20.1 Å². The zero-order valence-corrected chi connectivity index (χ0v) is 17.5. The Bertz CT molecular complexity index is 973. The fraction of sp³-hybridized carbons (Fsp3) is 0.318. The van der Waals surface area contributed by atoms with Gasteiger partial charge >= 0.3 is 0 Å². The minimum atomic E-state index is -0.243. The second-order valence-corrected chi connectivity index (χ2v) is 7.75. The van der Waals surface area contributed by atoms with E-state index in [4.69, 9.17) is 0 Å². The fourth-order valence-corrected chi connectivity index (χ4v) is 3.83. The van der Waals surface area contributed by atoms with Gasteiger partial charge < -0.3 is 9.88 Å². The normalized spacial score (nSPS) is 10.9. The third kappa shape index (κ3) is 5.67. The molecule has 0 saturated heterocycles. The average Bonchev–Trinajstić information content (AvgIpc) is 3.11. The molecule has 152 valence electrons. The molecule has 29 heavy (non-hydrogen) atoms. The summed E-state index contributed by atoms with van der Waals surface area (Å²) in [6.07, 6.45) is 1.41. The first kappa shape index (κ1) is 21.0. The van der Waals surface area contributed by atoms with Gasteiger partial charge in [0.05, 0.1) is 5.75 Å². The van der Waals surface area contributed by atoms with Gasteiger partial charge in [0.25, 0.3) is 0 Å². The van der Waals surface area contributed by atoms with Crippen LogP contribution in [0.25, 0.3) is 11.4 Å². The number of aryl methyl sites for hydroxylation is 1. The molecule has 1 N–H and O–H groups in total. The van der Waals surface area contributed by atoms with E-state index in [0.29, 0.717) is 18.5 Å². The van der Waals surface area contributed by atoms with Gasteiger partial charge in [0.15, 0.2) is 11.0 Å². The summed E-state index contributed by atoms with van der Waals surface area (Å²) in [7, 11) is 0. The Morgan fingerprint density at radius 1 is 1.17 bits per heavy atom. The number of amides is 1. The van der Waals surface area contributed by atoms with Gasteiger partial charge in [0, 0.05) is 18.7 Å². The van der Waals surface area contributed by atoms with E-state index >= 15 is 0 Å². The molecule has 0 aliphatic carbocycles. The molecule has 0 aliphatic rings. The van der Waals surface area contributed by atoms with Crippen molar-refractivity contribution in [3.63, 3.8) is 0 Å². The molecule has 1 heterocycles. The molecule has 0 radical (unpaired) electrons. The average molecular weight is 413 g/mol. The lowest BCUT2D eigenvalue weighted by atomic mass is 10.1. The van der Waals surface area contributed by atoms with Crippen LogP contribution in [0.4, 0.5) is 4.39 Å². The van der Waals surface area contributed by atoms with Crippen molar-refractivity contribution >= 4 is 17.7 Å². The van der Waals surface area contributed by atoms with Crippen LogP contribution in [0.3, 0.4) is 0 Å². The highest BCUT2D eigenvalue weighted by Gasteiger charge is 2.15. The maximum atomic E-state index is 13.6. The molecule has 0 atom stereocenters. The molecule has 2 aromatic carbocycles. The summed E-state index contributed by atoms with van der Waals surface area (Å²) in [5, 5.41) is 12.2. The van der Waals surface area contributed by atoms with E-state index < -0.39 is 0 Å². The number of hydrogen-bond acceptors (Lipinski definition) is 4. The standard InChI is InChI=1S/C22H25FN4OS/c1-3-13-27-21(18-9-6-7-16(2)14-18)25-26-22(27)29-15-20(28)24-12-11-17-8-4-5-10-19(17)23/h4-10,14H,3,11-13,15H2,1-2H3,(H,24,28). The number of rotatable bonds is 9. The quantitative estimate of drug-likeness (QED) is 0.534. The van der Waals surface area contributed by atoms with Gasteiger partial charge in [0.1, 0.15) is 5.82 Å². The lowest BCUT2D eigenvalue weighted by Gasteiger charge is -2.09. The molecule has 1 aromatic heterocycles. The number of nitrogens with one attached hydrogen (secondary N) is 1. The van der Waals surface area contributed by atoms with Crippen LogP contribution in [0.2, 0.25) is 0 Å². The number of thioether (sulfide) groups is 1. The number of carbonyl (C=O) groups excluding carboxylic acids is 1. The van der Waals surface area contributed by atoms with Gasteiger partial charge in [-0.05, 0) is 37.5 Å². The first-order valence-electron chi connectivity index (χ1n) is 9.71. The number of nitrogens with zero attached hydrogens (tertiary/aromatic N) is 3. The lowest BCUT2D eigenvalue weighted by molar-refractivity contribution is -0.118.